The lowest BCUT2D eigenvalue weighted by atomic mass is 10.2. The van der Waals surface area contributed by atoms with Gasteiger partial charge in [-0.2, -0.15) is 13.2 Å². The van der Waals surface area contributed by atoms with E-state index in [9.17, 15) is 18.0 Å². The van der Waals surface area contributed by atoms with Crippen molar-refractivity contribution in [2.24, 2.45) is 4.99 Å². The Bertz CT molecular complexity index is 679. The zero-order chi connectivity index (χ0) is 20.7. The number of aliphatic imine (C=N–C) groups is 1. The van der Waals surface area contributed by atoms with Crippen molar-refractivity contribution in [2.75, 3.05) is 53.4 Å². The summed E-state index contributed by atoms with van der Waals surface area (Å²) < 4.78 is 37.1. The molecule has 1 N–H and O–H groups in total. The van der Waals surface area contributed by atoms with E-state index in [1.54, 1.807) is 7.05 Å². The van der Waals surface area contributed by atoms with Gasteiger partial charge in [0.1, 0.15) is 6.54 Å². The largest absolute Gasteiger partial charge is 0.406 e. The predicted octanol–water partition coefficient (Wildman–Crippen LogP) is 2.67. The molecular formula is C18H26ClF3IN5O. The molecule has 1 aromatic rings. The molecular weight excluding hydrogens is 522 g/mol. The number of hydrogen-bond donors (Lipinski definition) is 1. The van der Waals surface area contributed by atoms with Crippen molar-refractivity contribution in [1.82, 2.24) is 20.0 Å². The lowest BCUT2D eigenvalue weighted by Crippen LogP contribution is -2.53. The maximum Gasteiger partial charge on any atom is 0.406 e. The number of carbonyl (C=O) groups excluding carboxylic acids is 1. The fourth-order valence-corrected chi connectivity index (χ4v) is 3.07. The van der Waals surface area contributed by atoms with Gasteiger partial charge in [-0.15, -0.1) is 24.0 Å². The van der Waals surface area contributed by atoms with Gasteiger partial charge in [0.05, 0.1) is 6.54 Å². The van der Waals surface area contributed by atoms with E-state index in [0.29, 0.717) is 29.0 Å². The summed E-state index contributed by atoms with van der Waals surface area (Å²) in [4.78, 5) is 21.0. The lowest BCUT2D eigenvalue weighted by molar-refractivity contribution is -0.157. The van der Waals surface area contributed by atoms with Crippen molar-refractivity contribution < 1.29 is 18.0 Å². The van der Waals surface area contributed by atoms with Gasteiger partial charge >= 0.3 is 6.18 Å². The maximum atomic E-state index is 12.4. The van der Waals surface area contributed by atoms with Crippen LogP contribution < -0.4 is 5.32 Å². The molecule has 0 spiro atoms. The minimum absolute atomic E-state index is 0. The van der Waals surface area contributed by atoms with Crippen molar-refractivity contribution in [3.63, 3.8) is 0 Å². The topological polar surface area (TPSA) is 51.2 Å². The third-order valence-electron chi connectivity index (χ3n) is 4.44. The first-order chi connectivity index (χ1) is 13.2. The molecule has 0 radical (unpaired) electrons. The SMILES string of the molecule is CN=C(NCC(=O)N(C)CC(F)(F)F)N1CCN(Cc2ccc(Cl)cc2)CC1.I. The van der Waals surface area contributed by atoms with Crippen LogP contribution >= 0.6 is 35.6 Å². The van der Waals surface area contributed by atoms with Crippen LogP contribution in [0.1, 0.15) is 5.56 Å². The van der Waals surface area contributed by atoms with Crippen molar-refractivity contribution in [3.05, 3.63) is 34.9 Å². The van der Waals surface area contributed by atoms with E-state index in [1.807, 2.05) is 29.2 Å². The van der Waals surface area contributed by atoms with Gasteiger partial charge in [0, 0.05) is 51.8 Å². The van der Waals surface area contributed by atoms with E-state index < -0.39 is 18.6 Å². The Morgan fingerprint density at radius 2 is 1.79 bits per heavy atom. The van der Waals surface area contributed by atoms with Gasteiger partial charge in [-0.3, -0.25) is 14.7 Å². The molecule has 29 heavy (non-hydrogen) atoms. The smallest absolute Gasteiger partial charge is 0.347 e. The minimum Gasteiger partial charge on any atom is -0.347 e. The highest BCUT2D eigenvalue weighted by molar-refractivity contribution is 14.0. The highest BCUT2D eigenvalue weighted by Gasteiger charge is 2.31. The summed E-state index contributed by atoms with van der Waals surface area (Å²) in [6.07, 6.45) is -4.41. The third kappa shape index (κ3) is 8.95. The number of nitrogens with one attached hydrogen (secondary N) is 1. The fraction of sp³-hybridized carbons (Fsp3) is 0.556. The molecule has 1 heterocycles. The molecule has 0 aliphatic carbocycles. The van der Waals surface area contributed by atoms with Gasteiger partial charge in [0.15, 0.2) is 5.96 Å². The van der Waals surface area contributed by atoms with E-state index in [1.165, 1.54) is 5.56 Å². The summed E-state index contributed by atoms with van der Waals surface area (Å²) in [6, 6.07) is 7.73. The number of likely N-dealkylation sites (N-methyl/N-ethyl adjacent to an activating group) is 1. The molecule has 1 fully saturated rings. The van der Waals surface area contributed by atoms with E-state index in [4.69, 9.17) is 11.6 Å². The van der Waals surface area contributed by atoms with Gasteiger partial charge in [0.25, 0.3) is 0 Å². The Labute approximate surface area is 191 Å². The Morgan fingerprint density at radius 3 is 2.31 bits per heavy atom. The van der Waals surface area contributed by atoms with Crippen LogP contribution in [0.2, 0.25) is 5.02 Å². The van der Waals surface area contributed by atoms with Crippen molar-refractivity contribution in [2.45, 2.75) is 12.7 Å². The molecule has 0 aromatic heterocycles. The predicted molar refractivity (Wildman–Crippen MR) is 119 cm³/mol. The van der Waals surface area contributed by atoms with E-state index in [-0.39, 0.29) is 30.5 Å². The van der Waals surface area contributed by atoms with Crippen molar-refractivity contribution in [3.8, 4) is 0 Å². The summed E-state index contributed by atoms with van der Waals surface area (Å²) in [5.41, 5.74) is 1.18. The van der Waals surface area contributed by atoms with Crippen LogP contribution in [0.5, 0.6) is 0 Å². The van der Waals surface area contributed by atoms with Crippen LogP contribution in [0.25, 0.3) is 0 Å². The average Bonchev–Trinajstić information content (AvgIpc) is 2.63. The number of nitrogens with zero attached hydrogens (tertiary/aromatic N) is 4. The van der Waals surface area contributed by atoms with Crippen LogP contribution in [-0.4, -0.2) is 86.1 Å². The maximum absolute atomic E-state index is 12.4. The first-order valence-electron chi connectivity index (χ1n) is 8.91. The molecule has 0 unspecified atom stereocenters. The zero-order valence-corrected chi connectivity index (χ0v) is 19.5. The molecule has 164 valence electrons. The van der Waals surface area contributed by atoms with Gasteiger partial charge < -0.3 is 15.1 Å². The number of piperazine rings is 1. The molecule has 0 atom stereocenters. The summed E-state index contributed by atoms with van der Waals surface area (Å²) >= 11 is 5.90. The minimum atomic E-state index is -4.41. The number of rotatable bonds is 5. The van der Waals surface area contributed by atoms with Gasteiger partial charge in [-0.05, 0) is 17.7 Å². The second-order valence-corrected chi connectivity index (χ2v) is 7.09. The Kier molecular flexibility index (Phi) is 10.5. The van der Waals surface area contributed by atoms with Crippen LogP contribution in [-0.2, 0) is 11.3 Å². The molecule has 0 saturated carbocycles. The van der Waals surface area contributed by atoms with E-state index in [2.05, 4.69) is 15.2 Å². The number of alkyl halides is 3. The normalized spacial score (nSPS) is 15.7. The van der Waals surface area contributed by atoms with Gasteiger partial charge in [-0.25, -0.2) is 0 Å². The molecule has 1 aromatic carbocycles. The monoisotopic (exact) mass is 547 g/mol. The molecule has 0 bridgehead atoms. The summed E-state index contributed by atoms with van der Waals surface area (Å²) in [7, 11) is 2.72. The van der Waals surface area contributed by atoms with E-state index >= 15 is 0 Å². The van der Waals surface area contributed by atoms with Crippen LogP contribution in [0.4, 0.5) is 13.2 Å². The Balaban J connectivity index is 0.00000420. The van der Waals surface area contributed by atoms with Crippen molar-refractivity contribution in [1.29, 1.82) is 0 Å². The van der Waals surface area contributed by atoms with E-state index in [0.717, 1.165) is 26.7 Å². The quantitative estimate of drug-likeness (QED) is 0.350. The van der Waals surface area contributed by atoms with Gasteiger partial charge in [0.2, 0.25) is 5.91 Å². The Morgan fingerprint density at radius 1 is 1.21 bits per heavy atom. The highest BCUT2D eigenvalue weighted by atomic mass is 127. The van der Waals surface area contributed by atoms with Gasteiger partial charge in [-0.1, -0.05) is 23.7 Å². The zero-order valence-electron chi connectivity index (χ0n) is 16.4. The number of hydrogen-bond acceptors (Lipinski definition) is 3. The molecule has 1 saturated heterocycles. The molecule has 2 rings (SSSR count). The molecule has 1 amide bonds. The number of amides is 1. The average molecular weight is 548 g/mol. The second-order valence-electron chi connectivity index (χ2n) is 6.66. The number of benzene rings is 1. The highest BCUT2D eigenvalue weighted by Crippen LogP contribution is 2.15. The Hall–Kier alpha value is -1.27. The van der Waals surface area contributed by atoms with Crippen LogP contribution in [0.15, 0.2) is 29.3 Å². The number of guanidine groups is 1. The molecule has 6 nitrogen and oxygen atoms in total. The molecule has 11 heteroatoms. The summed E-state index contributed by atoms with van der Waals surface area (Å²) in [5, 5.41) is 3.57. The number of carbonyl (C=O) groups is 1. The summed E-state index contributed by atoms with van der Waals surface area (Å²) in [6.45, 7) is 2.35. The summed E-state index contributed by atoms with van der Waals surface area (Å²) in [5.74, 6) is -0.125. The second kappa shape index (κ2) is 11.8. The fourth-order valence-electron chi connectivity index (χ4n) is 2.94. The first-order valence-corrected chi connectivity index (χ1v) is 9.29. The van der Waals surface area contributed by atoms with Crippen molar-refractivity contribution >= 4 is 47.4 Å². The lowest BCUT2D eigenvalue weighted by Gasteiger charge is -2.36. The van der Waals surface area contributed by atoms with Crippen LogP contribution in [0, 0.1) is 0 Å². The number of halogens is 5. The molecule has 1 aliphatic heterocycles. The molecule has 1 aliphatic rings. The standard InChI is InChI=1S/C18H25ClF3N5O.HI/c1-23-17(24-11-16(28)25(2)13-18(20,21)22)27-9-7-26(8-10-27)12-14-3-5-15(19)6-4-14;/h3-6H,7-13H2,1-2H3,(H,23,24);1H. The third-order valence-corrected chi connectivity index (χ3v) is 4.69. The first kappa shape index (κ1) is 25.8. The van der Waals surface area contributed by atoms with Crippen LogP contribution in [0.3, 0.4) is 0 Å².